The molecule has 7 nitrogen and oxygen atoms in total. The van der Waals surface area contributed by atoms with Crippen molar-refractivity contribution in [3.05, 3.63) is 130 Å². The molecule has 0 aliphatic heterocycles. The number of sulfonamides is 1. The predicted octanol–water partition coefficient (Wildman–Crippen LogP) is 5.88. The second-order valence-electron chi connectivity index (χ2n) is 9.73. The molecule has 4 rings (SSSR count). The summed E-state index contributed by atoms with van der Waals surface area (Å²) < 4.78 is 28.9. The number of nitrogens with zero attached hydrogens (tertiary/aromatic N) is 2. The lowest BCUT2D eigenvalue weighted by molar-refractivity contribution is -0.139. The second-order valence-corrected chi connectivity index (χ2v) is 12.4. The highest BCUT2D eigenvalue weighted by atomic mass is 35.5. The number of carbonyl (C=O) groups excluding carboxylic acids is 2. The quantitative estimate of drug-likeness (QED) is 0.226. The van der Waals surface area contributed by atoms with Gasteiger partial charge in [-0.15, -0.1) is 0 Å². The summed E-state index contributed by atoms with van der Waals surface area (Å²) in [6.45, 7) is 1.26. The van der Waals surface area contributed by atoms with Gasteiger partial charge in [0, 0.05) is 30.1 Å². The number of halogens is 2. The van der Waals surface area contributed by atoms with Crippen molar-refractivity contribution in [1.82, 2.24) is 10.2 Å². The number of rotatable bonds is 11. The van der Waals surface area contributed by atoms with Gasteiger partial charge < -0.3 is 10.2 Å². The van der Waals surface area contributed by atoms with Gasteiger partial charge in [-0.1, -0.05) is 89.9 Å². The summed E-state index contributed by atoms with van der Waals surface area (Å²) in [5, 5.41) is 3.50. The van der Waals surface area contributed by atoms with Gasteiger partial charge in [0.1, 0.15) is 12.6 Å². The fraction of sp³-hybridized carbons (Fsp3) is 0.188. The summed E-state index contributed by atoms with van der Waals surface area (Å²) >= 11 is 12.6. The zero-order valence-electron chi connectivity index (χ0n) is 23.2. The van der Waals surface area contributed by atoms with E-state index in [2.05, 4.69) is 5.32 Å². The zero-order valence-corrected chi connectivity index (χ0v) is 25.5. The molecule has 10 heteroatoms. The van der Waals surface area contributed by atoms with Crippen LogP contribution >= 0.6 is 23.2 Å². The Bertz CT molecular complexity index is 1650. The van der Waals surface area contributed by atoms with Gasteiger partial charge >= 0.3 is 0 Å². The van der Waals surface area contributed by atoms with Crippen LogP contribution in [0.3, 0.4) is 0 Å². The van der Waals surface area contributed by atoms with Crippen molar-refractivity contribution < 1.29 is 18.0 Å². The average molecular weight is 625 g/mol. The number of carbonyl (C=O) groups is 2. The van der Waals surface area contributed by atoms with Crippen LogP contribution < -0.4 is 9.62 Å². The molecular weight excluding hydrogens is 593 g/mol. The van der Waals surface area contributed by atoms with E-state index in [0.29, 0.717) is 15.6 Å². The minimum atomic E-state index is -4.20. The molecule has 1 N–H and O–H groups in total. The Morgan fingerprint density at radius 2 is 1.48 bits per heavy atom. The van der Waals surface area contributed by atoms with Crippen molar-refractivity contribution in [3.8, 4) is 0 Å². The van der Waals surface area contributed by atoms with Crippen molar-refractivity contribution in [2.24, 2.45) is 0 Å². The first-order chi connectivity index (χ1) is 20.1. The fourth-order valence-electron chi connectivity index (χ4n) is 4.54. The number of likely N-dealkylation sites (N-methyl/N-ethyl adjacent to an activating group) is 1. The monoisotopic (exact) mass is 623 g/mol. The molecule has 0 saturated carbocycles. The van der Waals surface area contributed by atoms with E-state index in [1.807, 2.05) is 30.3 Å². The van der Waals surface area contributed by atoms with E-state index in [1.165, 1.54) is 30.1 Å². The summed E-state index contributed by atoms with van der Waals surface area (Å²) in [5.41, 5.74) is 2.52. The summed E-state index contributed by atoms with van der Waals surface area (Å²) in [6, 6.07) is 28.1. The maximum atomic E-state index is 14.3. The molecule has 4 aromatic carbocycles. The van der Waals surface area contributed by atoms with Crippen LogP contribution in [0.15, 0.2) is 108 Å². The van der Waals surface area contributed by atoms with E-state index in [1.54, 1.807) is 61.5 Å². The Balaban J connectivity index is 1.80. The third-order valence-corrected chi connectivity index (χ3v) is 9.24. The third-order valence-electron chi connectivity index (χ3n) is 6.81. The molecule has 0 radical (unpaired) electrons. The molecule has 218 valence electrons. The molecule has 0 aliphatic rings. The normalized spacial score (nSPS) is 11.9. The number of nitrogens with one attached hydrogen (secondary N) is 1. The van der Waals surface area contributed by atoms with E-state index in [4.69, 9.17) is 23.2 Å². The minimum Gasteiger partial charge on any atom is -0.357 e. The average Bonchev–Trinajstić information content (AvgIpc) is 2.99. The maximum absolute atomic E-state index is 14.3. The Kier molecular flexibility index (Phi) is 10.3. The number of aryl methyl sites for hydroxylation is 1. The SMILES string of the molecule is CNC(=O)C(Cc1ccccc1)N(Cc1cccc(Cl)c1)C(=O)CN(c1ccc(C)c(Cl)c1)S(=O)(=O)c1ccccc1. The number of hydrogen-bond donors (Lipinski definition) is 1. The standard InChI is InChI=1S/C32H31Cl2N3O4S/c1-23-16-17-27(20-29(23)34)37(42(40,41)28-14-7-4-8-15-28)22-31(38)36(21-25-12-9-13-26(33)18-25)30(32(39)35-2)19-24-10-5-3-6-11-24/h3-18,20,30H,19,21-22H2,1-2H3,(H,35,39). The highest BCUT2D eigenvalue weighted by molar-refractivity contribution is 7.92. The number of amides is 2. The van der Waals surface area contributed by atoms with Gasteiger partial charge in [0.15, 0.2) is 0 Å². The van der Waals surface area contributed by atoms with Crippen LogP contribution in [0.2, 0.25) is 10.0 Å². The highest BCUT2D eigenvalue weighted by Gasteiger charge is 2.34. The van der Waals surface area contributed by atoms with Gasteiger partial charge in [-0.3, -0.25) is 13.9 Å². The lowest BCUT2D eigenvalue weighted by Crippen LogP contribution is -2.53. The summed E-state index contributed by atoms with van der Waals surface area (Å²) in [5.74, 6) is -0.958. The smallest absolute Gasteiger partial charge is 0.264 e. The predicted molar refractivity (Wildman–Crippen MR) is 167 cm³/mol. The van der Waals surface area contributed by atoms with Crippen molar-refractivity contribution in [3.63, 3.8) is 0 Å². The molecule has 0 fully saturated rings. The molecule has 42 heavy (non-hydrogen) atoms. The number of anilines is 1. The molecule has 4 aromatic rings. The minimum absolute atomic E-state index is 0.0167. The first kappa shape index (κ1) is 31.1. The summed E-state index contributed by atoms with van der Waals surface area (Å²) in [6.07, 6.45) is 0.217. The molecular formula is C32H31Cl2N3O4S. The molecule has 1 atom stereocenters. The number of benzene rings is 4. The molecule has 1 unspecified atom stereocenters. The van der Waals surface area contributed by atoms with E-state index < -0.39 is 28.5 Å². The van der Waals surface area contributed by atoms with Crippen LogP contribution in [-0.2, 0) is 32.6 Å². The van der Waals surface area contributed by atoms with E-state index in [0.717, 1.165) is 15.4 Å². The van der Waals surface area contributed by atoms with Crippen LogP contribution in [0.5, 0.6) is 0 Å². The van der Waals surface area contributed by atoms with E-state index in [9.17, 15) is 18.0 Å². The van der Waals surface area contributed by atoms with Crippen LogP contribution in [0.25, 0.3) is 0 Å². The molecule has 0 saturated heterocycles. The van der Waals surface area contributed by atoms with Gasteiger partial charge in [-0.25, -0.2) is 8.42 Å². The Morgan fingerprint density at radius 1 is 0.833 bits per heavy atom. The molecule has 0 bridgehead atoms. The van der Waals surface area contributed by atoms with Crippen LogP contribution in [0.1, 0.15) is 16.7 Å². The van der Waals surface area contributed by atoms with E-state index in [-0.39, 0.29) is 29.5 Å². The van der Waals surface area contributed by atoms with Gasteiger partial charge in [-0.2, -0.15) is 0 Å². The lowest BCUT2D eigenvalue weighted by Gasteiger charge is -2.33. The van der Waals surface area contributed by atoms with Gasteiger partial charge in [-0.05, 0) is 60.0 Å². The van der Waals surface area contributed by atoms with Crippen LogP contribution in [0.4, 0.5) is 5.69 Å². The van der Waals surface area contributed by atoms with Crippen molar-refractivity contribution in [1.29, 1.82) is 0 Å². The highest BCUT2D eigenvalue weighted by Crippen LogP contribution is 2.29. The topological polar surface area (TPSA) is 86.8 Å². The Morgan fingerprint density at radius 3 is 2.10 bits per heavy atom. The Labute approximate surface area is 256 Å². The van der Waals surface area contributed by atoms with Crippen molar-refractivity contribution in [2.75, 3.05) is 17.9 Å². The number of hydrogen-bond acceptors (Lipinski definition) is 4. The lowest BCUT2D eigenvalue weighted by atomic mass is 10.0. The van der Waals surface area contributed by atoms with Gasteiger partial charge in [0.05, 0.1) is 10.6 Å². The first-order valence-electron chi connectivity index (χ1n) is 13.2. The fourth-order valence-corrected chi connectivity index (χ4v) is 6.35. The molecule has 0 spiro atoms. The summed E-state index contributed by atoms with van der Waals surface area (Å²) in [7, 11) is -2.69. The molecule has 2 amide bonds. The Hall–Kier alpha value is -3.85. The van der Waals surface area contributed by atoms with Gasteiger partial charge in [0.25, 0.3) is 10.0 Å². The van der Waals surface area contributed by atoms with E-state index >= 15 is 0 Å². The van der Waals surface area contributed by atoms with Crippen LogP contribution in [-0.4, -0.2) is 44.8 Å². The first-order valence-corrected chi connectivity index (χ1v) is 15.4. The van der Waals surface area contributed by atoms with Crippen molar-refractivity contribution >= 4 is 50.7 Å². The zero-order chi connectivity index (χ0) is 30.3. The summed E-state index contributed by atoms with van der Waals surface area (Å²) in [4.78, 5) is 29.0. The molecule has 0 heterocycles. The molecule has 0 aromatic heterocycles. The van der Waals surface area contributed by atoms with Crippen molar-refractivity contribution in [2.45, 2.75) is 30.8 Å². The van der Waals surface area contributed by atoms with Crippen LogP contribution in [0, 0.1) is 6.92 Å². The maximum Gasteiger partial charge on any atom is 0.264 e. The largest absolute Gasteiger partial charge is 0.357 e. The second kappa shape index (κ2) is 13.9. The third kappa shape index (κ3) is 7.50. The molecule has 0 aliphatic carbocycles. The van der Waals surface area contributed by atoms with Gasteiger partial charge in [0.2, 0.25) is 11.8 Å².